The first-order chi connectivity index (χ1) is 5.60. The lowest BCUT2D eigenvalue weighted by atomic mass is 10.0. The summed E-state index contributed by atoms with van der Waals surface area (Å²) in [7, 11) is 0. The van der Waals surface area contributed by atoms with Gasteiger partial charge in [-0.1, -0.05) is 27.7 Å². The van der Waals surface area contributed by atoms with Crippen LogP contribution in [0.1, 0.15) is 34.1 Å². The van der Waals surface area contributed by atoms with Crippen molar-refractivity contribution in [1.29, 1.82) is 0 Å². The second-order valence-electron chi connectivity index (χ2n) is 3.88. The van der Waals surface area contributed by atoms with Gasteiger partial charge in [-0.3, -0.25) is 0 Å². The fraction of sp³-hybridized carbons (Fsp3) is 1.00. The van der Waals surface area contributed by atoms with E-state index in [4.69, 9.17) is 5.73 Å². The molecule has 0 aromatic rings. The van der Waals surface area contributed by atoms with Crippen LogP contribution in [0.5, 0.6) is 0 Å². The van der Waals surface area contributed by atoms with Gasteiger partial charge in [0.2, 0.25) is 0 Å². The Kier molecular flexibility index (Phi) is 6.39. The Bertz CT molecular complexity index is 98.0. The Morgan fingerprint density at radius 1 is 1.17 bits per heavy atom. The maximum atomic E-state index is 5.98. The van der Waals surface area contributed by atoms with E-state index in [1.165, 1.54) is 0 Å². The molecule has 12 heavy (non-hydrogen) atoms. The molecule has 0 aromatic carbocycles. The van der Waals surface area contributed by atoms with Crippen molar-refractivity contribution in [2.75, 3.05) is 19.6 Å². The molecule has 0 saturated heterocycles. The van der Waals surface area contributed by atoms with Crippen LogP contribution in [0, 0.1) is 5.92 Å². The highest BCUT2D eigenvalue weighted by molar-refractivity contribution is 4.68. The summed E-state index contributed by atoms with van der Waals surface area (Å²) in [6, 6.07) is 0.352. The number of hydrogen-bond acceptors (Lipinski definition) is 2. The molecule has 0 heterocycles. The minimum absolute atomic E-state index is 0.352. The van der Waals surface area contributed by atoms with Gasteiger partial charge in [0.25, 0.3) is 0 Å². The average Bonchev–Trinajstić information content (AvgIpc) is 1.98. The summed E-state index contributed by atoms with van der Waals surface area (Å²) in [6.07, 6.45) is 1.14. The smallest absolute Gasteiger partial charge is 0.0170 e. The number of nitrogens with zero attached hydrogens (tertiary/aromatic N) is 1. The topological polar surface area (TPSA) is 29.3 Å². The first-order valence-corrected chi connectivity index (χ1v) is 5.08. The Hall–Kier alpha value is -0.0800. The zero-order valence-corrected chi connectivity index (χ0v) is 9.01. The van der Waals surface area contributed by atoms with Gasteiger partial charge in [-0.25, -0.2) is 0 Å². The molecule has 0 fully saturated rings. The van der Waals surface area contributed by atoms with Crippen LogP contribution in [-0.4, -0.2) is 30.6 Å². The molecule has 0 aliphatic carbocycles. The summed E-state index contributed by atoms with van der Waals surface area (Å²) in [5.74, 6) is 0.718. The van der Waals surface area contributed by atoms with Gasteiger partial charge >= 0.3 is 0 Å². The van der Waals surface area contributed by atoms with Crippen LogP contribution in [0.2, 0.25) is 0 Å². The van der Waals surface area contributed by atoms with Crippen LogP contribution in [0.15, 0.2) is 0 Å². The van der Waals surface area contributed by atoms with Crippen molar-refractivity contribution in [3.05, 3.63) is 0 Å². The van der Waals surface area contributed by atoms with Crippen molar-refractivity contribution in [2.24, 2.45) is 11.7 Å². The van der Waals surface area contributed by atoms with Gasteiger partial charge in [0.05, 0.1) is 0 Å². The van der Waals surface area contributed by atoms with Crippen LogP contribution in [0.3, 0.4) is 0 Å². The van der Waals surface area contributed by atoms with Crippen molar-refractivity contribution < 1.29 is 0 Å². The largest absolute Gasteiger partial charge is 0.327 e. The second kappa shape index (κ2) is 6.44. The highest BCUT2D eigenvalue weighted by atomic mass is 15.1. The molecule has 2 heteroatoms. The fourth-order valence-corrected chi connectivity index (χ4v) is 1.49. The molecule has 0 amide bonds. The number of nitrogens with two attached hydrogens (primary N) is 1. The van der Waals surface area contributed by atoms with Crippen LogP contribution in [0.25, 0.3) is 0 Å². The average molecular weight is 172 g/mol. The van der Waals surface area contributed by atoms with Gasteiger partial charge < -0.3 is 10.6 Å². The van der Waals surface area contributed by atoms with Gasteiger partial charge in [-0.05, 0) is 25.4 Å². The fourth-order valence-electron chi connectivity index (χ4n) is 1.49. The summed E-state index contributed by atoms with van der Waals surface area (Å²) >= 11 is 0. The van der Waals surface area contributed by atoms with Crippen LogP contribution in [0.4, 0.5) is 0 Å². The molecule has 1 atom stereocenters. The third kappa shape index (κ3) is 5.56. The molecule has 0 aromatic heterocycles. The molecule has 0 spiro atoms. The van der Waals surface area contributed by atoms with E-state index >= 15 is 0 Å². The third-order valence-corrected chi connectivity index (χ3v) is 2.16. The van der Waals surface area contributed by atoms with E-state index in [2.05, 4.69) is 32.6 Å². The van der Waals surface area contributed by atoms with Gasteiger partial charge in [0.15, 0.2) is 0 Å². The highest BCUT2D eigenvalue weighted by Crippen LogP contribution is 2.03. The summed E-state index contributed by atoms with van der Waals surface area (Å²) in [4.78, 5) is 2.38. The standard InChI is InChI=1S/C10H24N2/c1-5-12(6-2)8-10(11)7-9(3)4/h9-10H,5-8,11H2,1-4H3/t10-/m0/s1. The van der Waals surface area contributed by atoms with Crippen molar-refractivity contribution in [1.82, 2.24) is 4.90 Å². The molecule has 0 aliphatic rings. The van der Waals surface area contributed by atoms with E-state index in [9.17, 15) is 0 Å². The lowest BCUT2D eigenvalue weighted by Gasteiger charge is -2.23. The Morgan fingerprint density at radius 2 is 1.67 bits per heavy atom. The number of rotatable bonds is 6. The van der Waals surface area contributed by atoms with Gasteiger partial charge in [0, 0.05) is 12.6 Å². The predicted molar refractivity (Wildman–Crippen MR) is 55.2 cm³/mol. The second-order valence-corrected chi connectivity index (χ2v) is 3.88. The third-order valence-electron chi connectivity index (χ3n) is 2.16. The maximum absolute atomic E-state index is 5.98. The predicted octanol–water partition coefficient (Wildman–Crippen LogP) is 1.70. The van der Waals surface area contributed by atoms with E-state index in [1.54, 1.807) is 0 Å². The molecule has 0 saturated carbocycles. The zero-order chi connectivity index (χ0) is 9.56. The Balaban J connectivity index is 3.58. The quantitative estimate of drug-likeness (QED) is 0.661. The molecule has 0 unspecified atom stereocenters. The summed E-state index contributed by atoms with van der Waals surface area (Å²) in [6.45, 7) is 12.1. The zero-order valence-electron chi connectivity index (χ0n) is 9.01. The van der Waals surface area contributed by atoms with Crippen molar-refractivity contribution in [2.45, 2.75) is 40.2 Å². The monoisotopic (exact) mass is 172 g/mol. The normalized spacial score (nSPS) is 14.2. The maximum Gasteiger partial charge on any atom is 0.0170 e. The molecule has 0 bridgehead atoms. The minimum atomic E-state index is 0.352. The van der Waals surface area contributed by atoms with Crippen LogP contribution >= 0.6 is 0 Å². The van der Waals surface area contributed by atoms with E-state index in [0.29, 0.717) is 6.04 Å². The van der Waals surface area contributed by atoms with E-state index in [0.717, 1.165) is 32.0 Å². The molecular weight excluding hydrogens is 148 g/mol. The summed E-state index contributed by atoms with van der Waals surface area (Å²) in [5, 5.41) is 0. The SMILES string of the molecule is CCN(CC)C[C@@H](N)CC(C)C. The van der Waals surface area contributed by atoms with Crippen molar-refractivity contribution in [3.63, 3.8) is 0 Å². The van der Waals surface area contributed by atoms with Crippen LogP contribution in [-0.2, 0) is 0 Å². The molecule has 0 rings (SSSR count). The van der Waals surface area contributed by atoms with E-state index in [1.807, 2.05) is 0 Å². The molecule has 0 aliphatic heterocycles. The molecule has 74 valence electrons. The van der Waals surface area contributed by atoms with Gasteiger partial charge in [-0.15, -0.1) is 0 Å². The van der Waals surface area contributed by atoms with Gasteiger partial charge in [0.1, 0.15) is 0 Å². The summed E-state index contributed by atoms with van der Waals surface area (Å²) < 4.78 is 0. The molecule has 0 radical (unpaired) electrons. The molecule has 2 nitrogen and oxygen atoms in total. The van der Waals surface area contributed by atoms with Crippen LogP contribution < -0.4 is 5.73 Å². The molecule has 2 N–H and O–H groups in total. The molecular formula is C10H24N2. The lowest BCUT2D eigenvalue weighted by Crippen LogP contribution is -2.38. The van der Waals surface area contributed by atoms with Gasteiger partial charge in [-0.2, -0.15) is 0 Å². The first kappa shape index (κ1) is 11.9. The Labute approximate surface area is 77.1 Å². The minimum Gasteiger partial charge on any atom is -0.327 e. The highest BCUT2D eigenvalue weighted by Gasteiger charge is 2.08. The van der Waals surface area contributed by atoms with E-state index in [-0.39, 0.29) is 0 Å². The Morgan fingerprint density at radius 3 is 2.00 bits per heavy atom. The lowest BCUT2D eigenvalue weighted by molar-refractivity contribution is 0.269. The number of likely N-dealkylation sites (N-methyl/N-ethyl adjacent to an activating group) is 1. The number of hydrogen-bond donors (Lipinski definition) is 1. The van der Waals surface area contributed by atoms with Crippen molar-refractivity contribution in [3.8, 4) is 0 Å². The van der Waals surface area contributed by atoms with Crippen molar-refractivity contribution >= 4 is 0 Å². The van der Waals surface area contributed by atoms with E-state index < -0.39 is 0 Å². The summed E-state index contributed by atoms with van der Waals surface area (Å²) in [5.41, 5.74) is 5.98. The first-order valence-electron chi connectivity index (χ1n) is 5.08.